The van der Waals surface area contributed by atoms with Crippen LogP contribution >= 0.6 is 0 Å². The number of rotatable bonds is 3. The third-order valence-corrected chi connectivity index (χ3v) is 1.55. The van der Waals surface area contributed by atoms with E-state index in [1.165, 1.54) is 18.3 Å². The average molecular weight is 163 g/mol. The number of hydrogen-bond donors (Lipinski definition) is 1. The van der Waals surface area contributed by atoms with Crippen molar-refractivity contribution in [3.63, 3.8) is 0 Å². The van der Waals surface area contributed by atoms with Crippen LogP contribution in [0.1, 0.15) is 5.56 Å². The molecule has 0 amide bonds. The highest BCUT2D eigenvalue weighted by Gasteiger charge is 1.94. The van der Waals surface area contributed by atoms with E-state index in [0.29, 0.717) is 6.42 Å². The van der Waals surface area contributed by atoms with Crippen LogP contribution in [-0.4, -0.2) is 6.21 Å². The maximum atomic E-state index is 12.4. The minimum absolute atomic E-state index is 0.237. The van der Waals surface area contributed by atoms with Gasteiger partial charge in [0.05, 0.1) is 0 Å². The van der Waals surface area contributed by atoms with Crippen LogP contribution in [0.2, 0.25) is 0 Å². The van der Waals surface area contributed by atoms with E-state index >= 15 is 0 Å². The summed E-state index contributed by atoms with van der Waals surface area (Å²) in [6.07, 6.45) is 1.83. The molecule has 1 aromatic rings. The Morgan fingerprint density at radius 1 is 1.42 bits per heavy atom. The lowest BCUT2D eigenvalue weighted by Crippen LogP contribution is -1.89. The first-order valence-corrected chi connectivity index (χ1v) is 3.65. The minimum atomic E-state index is -0.237. The van der Waals surface area contributed by atoms with Crippen molar-refractivity contribution in [2.75, 3.05) is 0 Å². The molecular formula is C10H10FN. The summed E-state index contributed by atoms with van der Waals surface area (Å²) < 4.78 is 12.4. The predicted octanol–water partition coefficient (Wildman–Crippen LogP) is 2.57. The molecule has 0 aliphatic carbocycles. The van der Waals surface area contributed by atoms with Crippen LogP contribution in [0, 0.1) is 11.2 Å². The zero-order valence-electron chi connectivity index (χ0n) is 6.68. The molecular weight excluding hydrogens is 153 g/mol. The lowest BCUT2D eigenvalue weighted by Gasteiger charge is -1.98. The third-order valence-electron chi connectivity index (χ3n) is 1.55. The van der Waals surface area contributed by atoms with E-state index in [9.17, 15) is 4.39 Å². The number of benzene rings is 1. The topological polar surface area (TPSA) is 23.9 Å². The fourth-order valence-electron chi connectivity index (χ4n) is 0.915. The summed E-state index contributed by atoms with van der Waals surface area (Å²) in [6, 6.07) is 6.22. The van der Waals surface area contributed by atoms with Gasteiger partial charge in [-0.25, -0.2) is 4.39 Å². The minimum Gasteiger partial charge on any atom is -0.308 e. The average Bonchev–Trinajstić information content (AvgIpc) is 2.09. The Hall–Kier alpha value is -1.44. The molecule has 0 unspecified atom stereocenters. The van der Waals surface area contributed by atoms with Crippen molar-refractivity contribution in [1.82, 2.24) is 0 Å². The lowest BCUT2D eigenvalue weighted by molar-refractivity contribution is 0.627. The molecule has 0 fully saturated rings. The van der Waals surface area contributed by atoms with Crippen LogP contribution in [0.3, 0.4) is 0 Å². The van der Waals surface area contributed by atoms with Gasteiger partial charge in [-0.3, -0.25) is 0 Å². The first-order valence-electron chi connectivity index (χ1n) is 3.65. The van der Waals surface area contributed by atoms with Crippen molar-refractivity contribution in [1.29, 1.82) is 5.41 Å². The SMILES string of the molecule is C=C(C=N)Cc1ccc(F)cc1. The number of hydrogen-bond acceptors (Lipinski definition) is 1. The molecule has 2 heteroatoms. The van der Waals surface area contributed by atoms with Gasteiger partial charge in [-0.05, 0) is 29.7 Å². The van der Waals surface area contributed by atoms with E-state index in [1.807, 2.05) is 0 Å². The van der Waals surface area contributed by atoms with Gasteiger partial charge >= 0.3 is 0 Å². The smallest absolute Gasteiger partial charge is 0.123 e. The highest BCUT2D eigenvalue weighted by Crippen LogP contribution is 2.06. The van der Waals surface area contributed by atoms with Crippen molar-refractivity contribution in [2.24, 2.45) is 0 Å². The Morgan fingerprint density at radius 3 is 2.50 bits per heavy atom. The van der Waals surface area contributed by atoms with Gasteiger partial charge in [0, 0.05) is 6.21 Å². The van der Waals surface area contributed by atoms with Crippen LogP contribution in [0.5, 0.6) is 0 Å². The molecule has 1 rings (SSSR count). The molecule has 0 saturated carbocycles. The normalized spacial score (nSPS) is 9.42. The van der Waals surface area contributed by atoms with Gasteiger partial charge in [0.1, 0.15) is 5.82 Å². The molecule has 0 radical (unpaired) electrons. The van der Waals surface area contributed by atoms with Gasteiger partial charge in [-0.2, -0.15) is 0 Å². The molecule has 0 saturated heterocycles. The van der Waals surface area contributed by atoms with Crippen LogP contribution in [-0.2, 0) is 6.42 Å². The molecule has 1 nitrogen and oxygen atoms in total. The Balaban J connectivity index is 2.71. The summed E-state index contributed by atoms with van der Waals surface area (Å²) in [5, 5.41) is 6.90. The summed E-state index contributed by atoms with van der Waals surface area (Å²) in [6.45, 7) is 3.65. The van der Waals surface area contributed by atoms with E-state index in [2.05, 4.69) is 6.58 Å². The molecule has 0 atom stereocenters. The first-order chi connectivity index (χ1) is 5.72. The van der Waals surface area contributed by atoms with Gasteiger partial charge in [0.2, 0.25) is 0 Å². The van der Waals surface area contributed by atoms with Gasteiger partial charge in [-0.15, -0.1) is 0 Å². The summed E-state index contributed by atoms with van der Waals surface area (Å²) in [7, 11) is 0. The second kappa shape index (κ2) is 3.81. The zero-order valence-corrected chi connectivity index (χ0v) is 6.68. The summed E-state index contributed by atoms with van der Waals surface area (Å²) in [4.78, 5) is 0. The maximum absolute atomic E-state index is 12.4. The molecule has 1 aromatic carbocycles. The highest BCUT2D eigenvalue weighted by atomic mass is 19.1. The summed E-state index contributed by atoms with van der Waals surface area (Å²) in [5.41, 5.74) is 1.70. The van der Waals surface area contributed by atoms with Gasteiger partial charge in [-0.1, -0.05) is 18.7 Å². The fraction of sp³-hybridized carbons (Fsp3) is 0.100. The van der Waals surface area contributed by atoms with Crippen molar-refractivity contribution in [2.45, 2.75) is 6.42 Å². The van der Waals surface area contributed by atoms with Crippen LogP contribution < -0.4 is 0 Å². The standard InChI is InChI=1S/C10H10FN/c1-8(7-12)6-9-2-4-10(11)5-3-9/h2-5,7,12H,1,6H2. The fourth-order valence-corrected chi connectivity index (χ4v) is 0.915. The molecule has 0 heterocycles. The van der Waals surface area contributed by atoms with Crippen molar-refractivity contribution < 1.29 is 4.39 Å². The Bertz CT molecular complexity index is 287. The first kappa shape index (κ1) is 8.65. The van der Waals surface area contributed by atoms with Crippen molar-refractivity contribution >= 4 is 6.21 Å². The Labute approximate surface area is 71.1 Å². The van der Waals surface area contributed by atoms with Crippen molar-refractivity contribution in [3.8, 4) is 0 Å². The highest BCUT2D eigenvalue weighted by molar-refractivity contribution is 5.75. The molecule has 0 aliphatic rings. The second-order valence-electron chi connectivity index (χ2n) is 2.61. The maximum Gasteiger partial charge on any atom is 0.123 e. The van der Waals surface area contributed by atoms with Crippen molar-refractivity contribution in [3.05, 3.63) is 47.8 Å². The molecule has 62 valence electrons. The van der Waals surface area contributed by atoms with E-state index < -0.39 is 0 Å². The quantitative estimate of drug-likeness (QED) is 0.662. The summed E-state index contributed by atoms with van der Waals surface area (Å²) in [5.74, 6) is -0.237. The van der Waals surface area contributed by atoms with E-state index in [4.69, 9.17) is 5.41 Å². The van der Waals surface area contributed by atoms with Gasteiger partial charge < -0.3 is 5.41 Å². The van der Waals surface area contributed by atoms with E-state index in [-0.39, 0.29) is 5.82 Å². The number of halogens is 1. The van der Waals surface area contributed by atoms with Crippen LogP contribution in [0.4, 0.5) is 4.39 Å². The lowest BCUT2D eigenvalue weighted by atomic mass is 10.1. The monoisotopic (exact) mass is 163 g/mol. The summed E-state index contributed by atoms with van der Waals surface area (Å²) >= 11 is 0. The Kier molecular flexibility index (Phi) is 2.75. The van der Waals surface area contributed by atoms with Gasteiger partial charge in [0.15, 0.2) is 0 Å². The second-order valence-corrected chi connectivity index (χ2v) is 2.61. The molecule has 0 spiro atoms. The third kappa shape index (κ3) is 2.31. The molecule has 12 heavy (non-hydrogen) atoms. The number of nitrogens with one attached hydrogen (secondary N) is 1. The van der Waals surface area contributed by atoms with Crippen LogP contribution in [0.15, 0.2) is 36.4 Å². The molecule has 0 bridgehead atoms. The predicted molar refractivity (Wildman–Crippen MR) is 48.0 cm³/mol. The molecule has 1 N–H and O–H groups in total. The molecule has 0 aromatic heterocycles. The van der Waals surface area contributed by atoms with Crippen LogP contribution in [0.25, 0.3) is 0 Å². The molecule has 0 aliphatic heterocycles. The number of allylic oxidation sites excluding steroid dienone is 1. The van der Waals surface area contributed by atoms with E-state index in [0.717, 1.165) is 11.1 Å². The largest absolute Gasteiger partial charge is 0.308 e. The van der Waals surface area contributed by atoms with E-state index in [1.54, 1.807) is 12.1 Å². The zero-order chi connectivity index (χ0) is 8.97. The van der Waals surface area contributed by atoms with Gasteiger partial charge in [0.25, 0.3) is 0 Å². The Morgan fingerprint density at radius 2 is 2.00 bits per heavy atom.